The number of halogens is 4. The third kappa shape index (κ3) is 2.35. The van der Waals surface area contributed by atoms with Crippen molar-refractivity contribution in [2.45, 2.75) is 6.04 Å². The Labute approximate surface area is 107 Å². The second-order valence-electron chi connectivity index (χ2n) is 3.79. The highest BCUT2D eigenvalue weighted by atomic mass is 35.5. The lowest BCUT2D eigenvalue weighted by Crippen LogP contribution is -2.14. The molecule has 0 heterocycles. The molecule has 0 radical (unpaired) electrons. The highest BCUT2D eigenvalue weighted by Crippen LogP contribution is 2.26. The first-order valence-electron chi connectivity index (χ1n) is 5.15. The van der Waals surface area contributed by atoms with Crippen LogP contribution in [-0.2, 0) is 0 Å². The molecule has 0 amide bonds. The topological polar surface area (TPSA) is 26.0 Å². The zero-order valence-electron chi connectivity index (χ0n) is 9.13. The summed E-state index contributed by atoms with van der Waals surface area (Å²) in [6.45, 7) is 0. The standard InChI is InChI=1S/C13H9ClF3N/c14-9-5-4-7(6-11(9)16)13(18)8-2-1-3-10(15)12(8)17/h1-6,13H,18H2. The molecule has 1 nitrogen and oxygen atoms in total. The second-order valence-corrected chi connectivity index (χ2v) is 4.20. The quantitative estimate of drug-likeness (QED) is 0.883. The Kier molecular flexibility index (Phi) is 3.59. The summed E-state index contributed by atoms with van der Waals surface area (Å²) in [4.78, 5) is 0. The number of rotatable bonds is 2. The van der Waals surface area contributed by atoms with Crippen LogP contribution in [0.4, 0.5) is 13.2 Å². The first kappa shape index (κ1) is 12.9. The van der Waals surface area contributed by atoms with E-state index in [1.54, 1.807) is 0 Å². The van der Waals surface area contributed by atoms with Gasteiger partial charge in [0.15, 0.2) is 11.6 Å². The maximum Gasteiger partial charge on any atom is 0.163 e. The SMILES string of the molecule is NC(c1ccc(Cl)c(F)c1)c1cccc(F)c1F. The van der Waals surface area contributed by atoms with Gasteiger partial charge >= 0.3 is 0 Å². The first-order chi connectivity index (χ1) is 8.50. The van der Waals surface area contributed by atoms with Gasteiger partial charge in [-0.05, 0) is 23.8 Å². The molecule has 2 N–H and O–H groups in total. The van der Waals surface area contributed by atoms with Crippen molar-refractivity contribution in [3.05, 3.63) is 70.0 Å². The van der Waals surface area contributed by atoms with E-state index in [-0.39, 0.29) is 10.6 Å². The fourth-order valence-electron chi connectivity index (χ4n) is 1.65. The summed E-state index contributed by atoms with van der Waals surface area (Å²) in [5.74, 6) is -2.67. The van der Waals surface area contributed by atoms with Crippen LogP contribution in [0, 0.1) is 17.5 Å². The van der Waals surface area contributed by atoms with Crippen molar-refractivity contribution in [3.63, 3.8) is 0 Å². The minimum absolute atomic E-state index is 0.0308. The summed E-state index contributed by atoms with van der Waals surface area (Å²) in [5, 5.41) is -0.0503. The highest BCUT2D eigenvalue weighted by molar-refractivity contribution is 6.30. The van der Waals surface area contributed by atoms with Crippen LogP contribution in [0.3, 0.4) is 0 Å². The van der Waals surface area contributed by atoms with Gasteiger partial charge in [0.2, 0.25) is 0 Å². The molecule has 94 valence electrons. The summed E-state index contributed by atoms with van der Waals surface area (Å²) in [6.07, 6.45) is 0. The van der Waals surface area contributed by atoms with Gasteiger partial charge in [-0.15, -0.1) is 0 Å². The van der Waals surface area contributed by atoms with E-state index in [1.807, 2.05) is 0 Å². The molecule has 18 heavy (non-hydrogen) atoms. The highest BCUT2D eigenvalue weighted by Gasteiger charge is 2.17. The predicted octanol–water partition coefficient (Wildman–Crippen LogP) is 3.81. The van der Waals surface area contributed by atoms with Crippen molar-refractivity contribution in [2.24, 2.45) is 5.73 Å². The van der Waals surface area contributed by atoms with Crippen LogP contribution in [0.15, 0.2) is 36.4 Å². The minimum atomic E-state index is -1.03. The van der Waals surface area contributed by atoms with Crippen molar-refractivity contribution in [3.8, 4) is 0 Å². The van der Waals surface area contributed by atoms with E-state index in [1.165, 1.54) is 24.3 Å². The van der Waals surface area contributed by atoms with Crippen molar-refractivity contribution in [2.75, 3.05) is 0 Å². The molecule has 5 heteroatoms. The summed E-state index contributed by atoms with van der Waals surface area (Å²) in [7, 11) is 0. The van der Waals surface area contributed by atoms with Crippen LogP contribution in [0.2, 0.25) is 5.02 Å². The lowest BCUT2D eigenvalue weighted by Gasteiger charge is -2.14. The molecule has 0 bridgehead atoms. The average Bonchev–Trinajstić information content (AvgIpc) is 2.35. The van der Waals surface area contributed by atoms with Crippen molar-refractivity contribution in [1.29, 1.82) is 0 Å². The average molecular weight is 272 g/mol. The molecule has 0 aliphatic rings. The second kappa shape index (κ2) is 5.00. The molecule has 2 rings (SSSR count). The van der Waals surface area contributed by atoms with E-state index in [0.29, 0.717) is 5.56 Å². The Bertz CT molecular complexity index is 586. The molecular weight excluding hydrogens is 263 g/mol. The van der Waals surface area contributed by atoms with Gasteiger partial charge in [-0.2, -0.15) is 0 Å². The van der Waals surface area contributed by atoms with Gasteiger partial charge in [-0.1, -0.05) is 29.8 Å². The molecule has 0 aromatic heterocycles. The van der Waals surface area contributed by atoms with E-state index >= 15 is 0 Å². The first-order valence-corrected chi connectivity index (χ1v) is 5.53. The molecule has 2 aromatic rings. The van der Waals surface area contributed by atoms with Crippen LogP contribution in [-0.4, -0.2) is 0 Å². The Morgan fingerprint density at radius 1 is 1.00 bits per heavy atom. The minimum Gasteiger partial charge on any atom is -0.320 e. The Balaban J connectivity index is 2.44. The molecule has 1 atom stereocenters. The van der Waals surface area contributed by atoms with Gasteiger partial charge in [0.25, 0.3) is 0 Å². The molecule has 0 spiro atoms. The molecule has 0 aliphatic heterocycles. The summed E-state index contributed by atoms with van der Waals surface area (Å²) < 4.78 is 39.9. The molecule has 0 aliphatic carbocycles. The molecule has 2 aromatic carbocycles. The molecule has 0 saturated heterocycles. The van der Waals surface area contributed by atoms with Crippen molar-refractivity contribution < 1.29 is 13.2 Å². The van der Waals surface area contributed by atoms with E-state index in [0.717, 1.165) is 12.1 Å². The van der Waals surface area contributed by atoms with Gasteiger partial charge in [-0.25, -0.2) is 13.2 Å². The van der Waals surface area contributed by atoms with Crippen molar-refractivity contribution >= 4 is 11.6 Å². The molecule has 1 unspecified atom stereocenters. The van der Waals surface area contributed by atoms with E-state index < -0.39 is 23.5 Å². The Hall–Kier alpha value is -1.52. The van der Waals surface area contributed by atoms with Gasteiger partial charge in [-0.3, -0.25) is 0 Å². The maximum absolute atomic E-state index is 13.5. The van der Waals surface area contributed by atoms with Crippen LogP contribution in [0.25, 0.3) is 0 Å². The normalized spacial score (nSPS) is 12.5. The zero-order chi connectivity index (χ0) is 13.3. The summed E-state index contributed by atoms with van der Waals surface area (Å²) in [6, 6.07) is 6.65. The monoisotopic (exact) mass is 271 g/mol. The van der Waals surface area contributed by atoms with Crippen LogP contribution in [0.1, 0.15) is 17.2 Å². The van der Waals surface area contributed by atoms with Gasteiger partial charge < -0.3 is 5.73 Å². The molecule has 0 saturated carbocycles. The molecular formula is C13H9ClF3N. The van der Waals surface area contributed by atoms with Gasteiger partial charge in [0.05, 0.1) is 11.1 Å². The lowest BCUT2D eigenvalue weighted by atomic mass is 9.99. The smallest absolute Gasteiger partial charge is 0.163 e. The number of hydrogen-bond donors (Lipinski definition) is 1. The van der Waals surface area contributed by atoms with Gasteiger partial charge in [0.1, 0.15) is 5.82 Å². The van der Waals surface area contributed by atoms with Crippen molar-refractivity contribution in [1.82, 2.24) is 0 Å². The van der Waals surface area contributed by atoms with E-state index in [4.69, 9.17) is 17.3 Å². The Morgan fingerprint density at radius 2 is 1.72 bits per heavy atom. The fourth-order valence-corrected chi connectivity index (χ4v) is 1.76. The van der Waals surface area contributed by atoms with E-state index in [2.05, 4.69) is 0 Å². The number of hydrogen-bond acceptors (Lipinski definition) is 1. The summed E-state index contributed by atoms with van der Waals surface area (Å²) >= 11 is 5.54. The lowest BCUT2D eigenvalue weighted by molar-refractivity contribution is 0.494. The largest absolute Gasteiger partial charge is 0.320 e. The predicted molar refractivity (Wildman–Crippen MR) is 63.8 cm³/mol. The third-order valence-electron chi connectivity index (χ3n) is 2.62. The maximum atomic E-state index is 13.5. The fraction of sp³-hybridized carbons (Fsp3) is 0.0769. The zero-order valence-corrected chi connectivity index (χ0v) is 9.89. The van der Waals surface area contributed by atoms with Crippen LogP contribution < -0.4 is 5.73 Å². The Morgan fingerprint density at radius 3 is 2.39 bits per heavy atom. The number of nitrogens with two attached hydrogens (primary N) is 1. The summed E-state index contributed by atoms with van der Waals surface area (Å²) in [5.41, 5.74) is 6.08. The van der Waals surface area contributed by atoms with Gasteiger partial charge in [0, 0.05) is 5.56 Å². The van der Waals surface area contributed by atoms with Crippen LogP contribution in [0.5, 0.6) is 0 Å². The third-order valence-corrected chi connectivity index (χ3v) is 2.93. The number of benzene rings is 2. The molecule has 0 fully saturated rings. The van der Waals surface area contributed by atoms with Crippen LogP contribution >= 0.6 is 11.6 Å². The van der Waals surface area contributed by atoms with E-state index in [9.17, 15) is 13.2 Å².